The summed E-state index contributed by atoms with van der Waals surface area (Å²) in [4.78, 5) is 0. The second-order valence-electron chi connectivity index (χ2n) is 3.57. The molecule has 0 heterocycles. The summed E-state index contributed by atoms with van der Waals surface area (Å²) in [6.45, 7) is 2.71. The van der Waals surface area contributed by atoms with E-state index in [0.717, 1.165) is 19.4 Å². The van der Waals surface area contributed by atoms with E-state index in [-0.39, 0.29) is 5.75 Å². The highest BCUT2D eigenvalue weighted by molar-refractivity contribution is 7.89. The van der Waals surface area contributed by atoms with Gasteiger partial charge in [0.25, 0.3) is 0 Å². The minimum absolute atomic E-state index is 0.108. The zero-order valence-corrected chi connectivity index (χ0v) is 8.72. The molecule has 13 heavy (non-hydrogen) atoms. The van der Waals surface area contributed by atoms with E-state index < -0.39 is 10.0 Å². The standard InChI is InChI=1S/C8H17NO3S/c1-2-12-8-5-7(6-8)3-4-13(9,10)11/h7-8H,2-6H2,1H3,(H2,9,10,11). The quantitative estimate of drug-likeness (QED) is 0.713. The largest absolute Gasteiger partial charge is 0.378 e. The molecule has 0 aromatic carbocycles. The van der Waals surface area contributed by atoms with Gasteiger partial charge in [0.15, 0.2) is 0 Å². The highest BCUT2D eigenvalue weighted by atomic mass is 32.2. The van der Waals surface area contributed by atoms with Crippen molar-refractivity contribution in [1.29, 1.82) is 0 Å². The Bertz CT molecular complexity index is 244. The summed E-state index contributed by atoms with van der Waals surface area (Å²) >= 11 is 0. The number of ether oxygens (including phenoxy) is 1. The predicted octanol–water partition coefficient (Wildman–Crippen LogP) is 0.480. The van der Waals surface area contributed by atoms with Gasteiger partial charge in [0.05, 0.1) is 11.9 Å². The second-order valence-corrected chi connectivity index (χ2v) is 5.30. The first-order chi connectivity index (χ1) is 6.01. The van der Waals surface area contributed by atoms with Crippen molar-refractivity contribution in [1.82, 2.24) is 0 Å². The average Bonchev–Trinajstić information content (AvgIpc) is 1.91. The highest BCUT2D eigenvalue weighted by Gasteiger charge is 2.29. The third kappa shape index (κ3) is 4.06. The fraction of sp³-hybridized carbons (Fsp3) is 1.00. The third-order valence-electron chi connectivity index (χ3n) is 2.41. The molecule has 0 aromatic heterocycles. The molecule has 0 bridgehead atoms. The Balaban J connectivity index is 2.09. The maximum Gasteiger partial charge on any atom is 0.209 e. The van der Waals surface area contributed by atoms with Crippen LogP contribution in [0.4, 0.5) is 0 Å². The first-order valence-electron chi connectivity index (χ1n) is 4.63. The zero-order valence-electron chi connectivity index (χ0n) is 7.90. The molecule has 0 radical (unpaired) electrons. The van der Waals surface area contributed by atoms with Gasteiger partial charge < -0.3 is 4.74 Å². The molecule has 78 valence electrons. The Hall–Kier alpha value is -0.130. The van der Waals surface area contributed by atoms with Crippen LogP contribution in [0, 0.1) is 5.92 Å². The molecule has 1 fully saturated rings. The molecule has 0 unspecified atom stereocenters. The first-order valence-corrected chi connectivity index (χ1v) is 6.35. The molecule has 0 spiro atoms. The number of rotatable bonds is 5. The number of primary sulfonamides is 1. The minimum atomic E-state index is -3.27. The van der Waals surface area contributed by atoms with Gasteiger partial charge in [0.2, 0.25) is 10.0 Å². The molecule has 0 aromatic rings. The molecule has 1 rings (SSSR count). The van der Waals surface area contributed by atoms with Crippen LogP contribution < -0.4 is 5.14 Å². The van der Waals surface area contributed by atoms with Gasteiger partial charge in [-0.1, -0.05) is 0 Å². The van der Waals surface area contributed by atoms with Gasteiger partial charge in [-0.05, 0) is 32.1 Å². The SMILES string of the molecule is CCOC1CC(CCS(N)(=O)=O)C1. The van der Waals surface area contributed by atoms with E-state index in [4.69, 9.17) is 9.88 Å². The van der Waals surface area contributed by atoms with Crippen molar-refractivity contribution in [3.8, 4) is 0 Å². The van der Waals surface area contributed by atoms with Gasteiger partial charge in [-0.3, -0.25) is 0 Å². The van der Waals surface area contributed by atoms with Crippen LogP contribution in [-0.2, 0) is 14.8 Å². The lowest BCUT2D eigenvalue weighted by Gasteiger charge is -2.34. The Morgan fingerprint density at radius 3 is 2.54 bits per heavy atom. The van der Waals surface area contributed by atoms with E-state index in [1.54, 1.807) is 0 Å². The van der Waals surface area contributed by atoms with Crippen molar-refractivity contribution >= 4 is 10.0 Å². The maximum atomic E-state index is 10.6. The van der Waals surface area contributed by atoms with Crippen molar-refractivity contribution in [3.05, 3.63) is 0 Å². The van der Waals surface area contributed by atoms with E-state index in [2.05, 4.69) is 0 Å². The van der Waals surface area contributed by atoms with Crippen molar-refractivity contribution in [3.63, 3.8) is 0 Å². The number of sulfonamides is 1. The Kier molecular flexibility index (Phi) is 3.70. The molecule has 4 nitrogen and oxygen atoms in total. The van der Waals surface area contributed by atoms with Gasteiger partial charge in [-0.15, -0.1) is 0 Å². The van der Waals surface area contributed by atoms with Crippen molar-refractivity contribution in [2.45, 2.75) is 32.3 Å². The molecule has 0 amide bonds. The van der Waals surface area contributed by atoms with Gasteiger partial charge in [-0.25, -0.2) is 13.6 Å². The van der Waals surface area contributed by atoms with Crippen molar-refractivity contribution in [2.24, 2.45) is 11.1 Å². The first kappa shape index (κ1) is 10.9. The predicted molar refractivity (Wildman–Crippen MR) is 50.7 cm³/mol. The van der Waals surface area contributed by atoms with Crippen LogP contribution in [0.25, 0.3) is 0 Å². The van der Waals surface area contributed by atoms with E-state index in [0.29, 0.717) is 18.4 Å². The monoisotopic (exact) mass is 207 g/mol. The van der Waals surface area contributed by atoms with Crippen molar-refractivity contribution < 1.29 is 13.2 Å². The molecular formula is C8H17NO3S. The van der Waals surface area contributed by atoms with Crippen molar-refractivity contribution in [2.75, 3.05) is 12.4 Å². The molecule has 5 heteroatoms. The normalized spacial score (nSPS) is 28.5. The summed E-state index contributed by atoms with van der Waals surface area (Å²) in [5.74, 6) is 0.603. The van der Waals surface area contributed by atoms with Gasteiger partial charge in [0.1, 0.15) is 0 Å². The Morgan fingerprint density at radius 2 is 2.08 bits per heavy atom. The van der Waals surface area contributed by atoms with Crippen LogP contribution >= 0.6 is 0 Å². The summed E-state index contributed by atoms with van der Waals surface area (Å²) in [6, 6.07) is 0. The van der Waals surface area contributed by atoms with E-state index in [1.165, 1.54) is 0 Å². The van der Waals surface area contributed by atoms with Crippen LogP contribution in [0.1, 0.15) is 26.2 Å². The highest BCUT2D eigenvalue weighted by Crippen LogP contribution is 2.32. The van der Waals surface area contributed by atoms with E-state index in [9.17, 15) is 8.42 Å². The maximum absolute atomic E-state index is 10.6. The lowest BCUT2D eigenvalue weighted by Crippen LogP contribution is -2.33. The summed E-state index contributed by atoms with van der Waals surface area (Å²) in [5, 5.41) is 4.90. The van der Waals surface area contributed by atoms with E-state index in [1.807, 2.05) is 6.92 Å². The lowest BCUT2D eigenvalue weighted by molar-refractivity contribution is -0.0249. The minimum Gasteiger partial charge on any atom is -0.378 e. The molecule has 0 saturated heterocycles. The summed E-state index contributed by atoms with van der Waals surface area (Å²) in [5.41, 5.74) is 0. The smallest absolute Gasteiger partial charge is 0.209 e. The second kappa shape index (κ2) is 4.39. The molecule has 1 aliphatic rings. The molecule has 1 aliphatic carbocycles. The number of hydrogen-bond donors (Lipinski definition) is 1. The fourth-order valence-electron chi connectivity index (χ4n) is 1.61. The van der Waals surface area contributed by atoms with Crippen LogP contribution in [0.5, 0.6) is 0 Å². The molecule has 0 atom stereocenters. The van der Waals surface area contributed by atoms with Crippen LogP contribution in [-0.4, -0.2) is 26.9 Å². The third-order valence-corrected chi connectivity index (χ3v) is 3.21. The summed E-state index contributed by atoms with van der Waals surface area (Å²) in [7, 11) is -3.27. The summed E-state index contributed by atoms with van der Waals surface area (Å²) < 4.78 is 26.6. The van der Waals surface area contributed by atoms with Gasteiger partial charge >= 0.3 is 0 Å². The van der Waals surface area contributed by atoms with Crippen LogP contribution in [0.2, 0.25) is 0 Å². The van der Waals surface area contributed by atoms with Gasteiger partial charge in [0, 0.05) is 6.61 Å². The average molecular weight is 207 g/mol. The fourth-order valence-corrected chi connectivity index (χ4v) is 2.27. The molecule has 0 aliphatic heterocycles. The van der Waals surface area contributed by atoms with E-state index >= 15 is 0 Å². The molecule has 1 saturated carbocycles. The zero-order chi connectivity index (χ0) is 9.90. The molecule has 2 N–H and O–H groups in total. The Morgan fingerprint density at radius 1 is 1.46 bits per heavy atom. The Labute approximate surface area is 79.5 Å². The summed E-state index contributed by atoms with van der Waals surface area (Å²) in [6.07, 6.45) is 3.02. The number of hydrogen-bond acceptors (Lipinski definition) is 3. The van der Waals surface area contributed by atoms with Crippen LogP contribution in [0.3, 0.4) is 0 Å². The topological polar surface area (TPSA) is 69.4 Å². The lowest BCUT2D eigenvalue weighted by atomic mass is 9.80. The molecular weight excluding hydrogens is 190 g/mol. The van der Waals surface area contributed by atoms with Crippen LogP contribution in [0.15, 0.2) is 0 Å². The number of nitrogens with two attached hydrogens (primary N) is 1. The van der Waals surface area contributed by atoms with Gasteiger partial charge in [-0.2, -0.15) is 0 Å².